The van der Waals surface area contributed by atoms with Gasteiger partial charge in [0.25, 0.3) is 0 Å². The number of benzene rings is 1. The third-order valence-corrected chi connectivity index (χ3v) is 5.76. The summed E-state index contributed by atoms with van der Waals surface area (Å²) in [6, 6.07) is 10.4. The van der Waals surface area contributed by atoms with E-state index in [0.29, 0.717) is 19.4 Å². The Balaban J connectivity index is 1.71. The SMILES string of the molecule is CCNC(=O)CCCC=CC[C@@H]1[C@@H](C/C=C\CCc2ccccc2)[C@H](O)C[C@@H]1O. The van der Waals surface area contributed by atoms with Crippen LogP contribution < -0.4 is 5.32 Å². The van der Waals surface area contributed by atoms with Crippen LogP contribution >= 0.6 is 0 Å². The van der Waals surface area contributed by atoms with E-state index in [1.807, 2.05) is 13.0 Å². The number of nitrogens with one attached hydrogen (secondary N) is 1. The van der Waals surface area contributed by atoms with Crippen molar-refractivity contribution in [3.8, 4) is 0 Å². The third-order valence-electron chi connectivity index (χ3n) is 5.76. The van der Waals surface area contributed by atoms with Crippen molar-refractivity contribution >= 4 is 5.91 Å². The summed E-state index contributed by atoms with van der Waals surface area (Å²) in [5, 5.41) is 23.5. The molecule has 0 saturated heterocycles. The lowest BCUT2D eigenvalue weighted by atomic mass is 9.87. The Hall–Kier alpha value is -1.91. The topological polar surface area (TPSA) is 69.6 Å². The second-order valence-electron chi connectivity index (χ2n) is 7.98. The monoisotopic (exact) mass is 399 g/mol. The summed E-state index contributed by atoms with van der Waals surface area (Å²) in [7, 11) is 0. The summed E-state index contributed by atoms with van der Waals surface area (Å²) in [4.78, 5) is 11.4. The Kier molecular flexibility index (Phi) is 10.7. The molecule has 29 heavy (non-hydrogen) atoms. The number of aliphatic hydroxyl groups is 2. The molecule has 1 amide bonds. The van der Waals surface area contributed by atoms with Gasteiger partial charge < -0.3 is 15.5 Å². The van der Waals surface area contributed by atoms with E-state index in [1.165, 1.54) is 5.56 Å². The molecule has 1 aliphatic rings. The molecule has 1 aliphatic carbocycles. The van der Waals surface area contributed by atoms with Gasteiger partial charge >= 0.3 is 0 Å². The van der Waals surface area contributed by atoms with Gasteiger partial charge in [-0.25, -0.2) is 0 Å². The lowest BCUT2D eigenvalue weighted by molar-refractivity contribution is -0.121. The van der Waals surface area contributed by atoms with Gasteiger partial charge in [0.1, 0.15) is 0 Å². The first-order chi connectivity index (χ1) is 14.1. The smallest absolute Gasteiger partial charge is 0.219 e. The highest BCUT2D eigenvalue weighted by atomic mass is 16.3. The summed E-state index contributed by atoms with van der Waals surface area (Å²) in [5.74, 6) is 0.315. The first kappa shape index (κ1) is 23.4. The van der Waals surface area contributed by atoms with Crippen molar-refractivity contribution in [1.82, 2.24) is 5.32 Å². The molecule has 160 valence electrons. The number of allylic oxidation sites excluding steroid dienone is 4. The lowest BCUT2D eigenvalue weighted by Crippen LogP contribution is -2.22. The molecule has 0 heterocycles. The number of carbonyl (C=O) groups excluding carboxylic acids is 1. The van der Waals surface area contributed by atoms with Crippen LogP contribution in [0.2, 0.25) is 0 Å². The van der Waals surface area contributed by atoms with Crippen molar-refractivity contribution in [3.63, 3.8) is 0 Å². The quantitative estimate of drug-likeness (QED) is 0.365. The van der Waals surface area contributed by atoms with E-state index in [1.54, 1.807) is 0 Å². The standard InChI is InChI=1S/C25H37NO3/c1-2-26-25(29)18-12-4-3-10-16-21-22(24(28)19-23(21)27)17-11-6-9-15-20-13-7-5-8-14-20/h3,5-8,10-11,13-14,21-24,27-28H,2,4,9,12,15-19H2,1H3,(H,26,29)/b10-3?,11-6-/t21-,22-,23+,24-/m1/s1. The fraction of sp³-hybridized carbons (Fsp3) is 0.560. The van der Waals surface area contributed by atoms with E-state index < -0.39 is 12.2 Å². The van der Waals surface area contributed by atoms with Crippen LogP contribution in [0, 0.1) is 11.8 Å². The molecular weight excluding hydrogens is 362 g/mol. The minimum absolute atomic E-state index is 0.100. The molecule has 0 bridgehead atoms. The number of aliphatic hydroxyl groups excluding tert-OH is 2. The lowest BCUT2D eigenvalue weighted by Gasteiger charge is -2.21. The minimum atomic E-state index is -0.437. The number of rotatable bonds is 12. The van der Waals surface area contributed by atoms with Crippen molar-refractivity contribution in [3.05, 3.63) is 60.2 Å². The van der Waals surface area contributed by atoms with E-state index in [0.717, 1.165) is 38.5 Å². The average molecular weight is 400 g/mol. The molecule has 0 aromatic heterocycles. The molecule has 1 fully saturated rings. The summed E-state index contributed by atoms with van der Waals surface area (Å²) in [6.45, 7) is 2.60. The van der Waals surface area contributed by atoms with Crippen molar-refractivity contribution in [2.45, 2.75) is 70.5 Å². The number of aryl methyl sites for hydroxylation is 1. The number of hydrogen-bond donors (Lipinski definition) is 3. The number of amides is 1. The highest BCUT2D eigenvalue weighted by Gasteiger charge is 2.39. The minimum Gasteiger partial charge on any atom is -0.393 e. The van der Waals surface area contributed by atoms with Crippen LogP contribution in [0.15, 0.2) is 54.6 Å². The zero-order chi connectivity index (χ0) is 20.9. The van der Waals surface area contributed by atoms with E-state index in [4.69, 9.17) is 0 Å². The van der Waals surface area contributed by atoms with Crippen molar-refractivity contribution in [2.24, 2.45) is 11.8 Å². The summed E-state index contributed by atoms with van der Waals surface area (Å²) >= 11 is 0. The molecule has 4 heteroatoms. The normalized spacial score (nSPS) is 24.5. The Labute approximate surface area is 175 Å². The Bertz CT molecular complexity index is 641. The molecule has 3 N–H and O–H groups in total. The molecule has 1 saturated carbocycles. The maximum absolute atomic E-state index is 11.4. The predicted molar refractivity (Wildman–Crippen MR) is 118 cm³/mol. The zero-order valence-corrected chi connectivity index (χ0v) is 17.7. The third kappa shape index (κ3) is 8.55. The second-order valence-corrected chi connectivity index (χ2v) is 7.98. The van der Waals surface area contributed by atoms with Crippen LogP contribution in [0.3, 0.4) is 0 Å². The first-order valence-electron chi connectivity index (χ1n) is 11.1. The van der Waals surface area contributed by atoms with Gasteiger partial charge in [-0.2, -0.15) is 0 Å². The van der Waals surface area contributed by atoms with Gasteiger partial charge in [0.05, 0.1) is 12.2 Å². The zero-order valence-electron chi connectivity index (χ0n) is 17.7. The molecule has 1 aromatic carbocycles. The average Bonchev–Trinajstić information content (AvgIpc) is 2.98. The van der Waals surface area contributed by atoms with Gasteiger partial charge in [0, 0.05) is 13.0 Å². The largest absolute Gasteiger partial charge is 0.393 e. The molecule has 0 spiro atoms. The number of carbonyl (C=O) groups is 1. The van der Waals surface area contributed by atoms with E-state index in [9.17, 15) is 15.0 Å². The summed E-state index contributed by atoms with van der Waals surface area (Å²) in [5.41, 5.74) is 1.34. The van der Waals surface area contributed by atoms with Gasteiger partial charge in [-0.05, 0) is 69.3 Å². The Morgan fingerprint density at radius 3 is 2.24 bits per heavy atom. The fourth-order valence-electron chi connectivity index (χ4n) is 4.13. The van der Waals surface area contributed by atoms with Crippen LogP contribution in [-0.2, 0) is 11.2 Å². The second kappa shape index (κ2) is 13.3. The van der Waals surface area contributed by atoms with Crippen LogP contribution in [0.4, 0.5) is 0 Å². The van der Waals surface area contributed by atoms with Gasteiger partial charge in [-0.1, -0.05) is 54.6 Å². The first-order valence-corrected chi connectivity index (χ1v) is 11.1. The predicted octanol–water partition coefficient (Wildman–Crippen LogP) is 4.18. The van der Waals surface area contributed by atoms with E-state index in [-0.39, 0.29) is 17.7 Å². The highest BCUT2D eigenvalue weighted by molar-refractivity contribution is 5.75. The summed E-state index contributed by atoms with van der Waals surface area (Å²) in [6.07, 6.45) is 14.0. The molecule has 0 radical (unpaired) electrons. The van der Waals surface area contributed by atoms with Crippen LogP contribution in [0.25, 0.3) is 0 Å². The number of unbranched alkanes of at least 4 members (excludes halogenated alkanes) is 1. The fourth-order valence-corrected chi connectivity index (χ4v) is 4.13. The van der Waals surface area contributed by atoms with Crippen molar-refractivity contribution in [1.29, 1.82) is 0 Å². The molecule has 4 atom stereocenters. The van der Waals surface area contributed by atoms with Crippen LogP contribution in [-0.4, -0.2) is 34.9 Å². The molecule has 2 rings (SSSR count). The van der Waals surface area contributed by atoms with Crippen molar-refractivity contribution < 1.29 is 15.0 Å². The molecule has 4 nitrogen and oxygen atoms in total. The molecule has 0 unspecified atom stereocenters. The van der Waals surface area contributed by atoms with Crippen molar-refractivity contribution in [2.75, 3.05) is 6.54 Å². The maximum Gasteiger partial charge on any atom is 0.219 e. The van der Waals surface area contributed by atoms with E-state index >= 15 is 0 Å². The molecular formula is C25H37NO3. The maximum atomic E-state index is 11.4. The molecule has 1 aromatic rings. The Morgan fingerprint density at radius 1 is 1.00 bits per heavy atom. The van der Waals surface area contributed by atoms with E-state index in [2.05, 4.69) is 53.9 Å². The van der Waals surface area contributed by atoms with Crippen LogP contribution in [0.5, 0.6) is 0 Å². The van der Waals surface area contributed by atoms with Gasteiger partial charge in [-0.3, -0.25) is 4.79 Å². The Morgan fingerprint density at radius 2 is 1.62 bits per heavy atom. The highest BCUT2D eigenvalue weighted by Crippen LogP contribution is 2.37. The molecule has 0 aliphatic heterocycles. The summed E-state index contributed by atoms with van der Waals surface area (Å²) < 4.78 is 0. The van der Waals surface area contributed by atoms with Gasteiger partial charge in [0.2, 0.25) is 5.91 Å². The number of hydrogen-bond acceptors (Lipinski definition) is 3. The van der Waals surface area contributed by atoms with Gasteiger partial charge in [-0.15, -0.1) is 0 Å². The van der Waals surface area contributed by atoms with Crippen LogP contribution in [0.1, 0.15) is 57.4 Å². The van der Waals surface area contributed by atoms with Gasteiger partial charge in [0.15, 0.2) is 0 Å².